The molecule has 1 aromatic rings. The Bertz CT molecular complexity index is 640. The fourth-order valence-corrected chi connectivity index (χ4v) is 1.65. The van der Waals surface area contributed by atoms with Crippen LogP contribution in [0.15, 0.2) is 24.3 Å². The van der Waals surface area contributed by atoms with Crippen molar-refractivity contribution in [2.75, 3.05) is 26.0 Å². The Hall–Kier alpha value is -2.17. The molecule has 0 saturated heterocycles. The first-order valence-electron chi connectivity index (χ1n) is 6.62. The van der Waals surface area contributed by atoms with Gasteiger partial charge in [0.25, 0.3) is 0 Å². The summed E-state index contributed by atoms with van der Waals surface area (Å²) in [4.78, 5) is 24.4. The van der Waals surface area contributed by atoms with E-state index in [0.29, 0.717) is 0 Å². The average Bonchev–Trinajstić information content (AvgIpc) is 2.45. The molecule has 0 atom stereocenters. The van der Waals surface area contributed by atoms with Gasteiger partial charge in [-0.3, -0.25) is 9.59 Å². The van der Waals surface area contributed by atoms with Crippen molar-refractivity contribution in [2.24, 2.45) is 0 Å². The number of carbonyl (C=O) groups excluding carboxylic acids is 2. The molecule has 0 aromatic heterocycles. The van der Waals surface area contributed by atoms with Crippen LogP contribution in [-0.4, -0.2) is 55.3 Å². The van der Waals surface area contributed by atoms with E-state index in [4.69, 9.17) is 0 Å². The SMILES string of the molecule is CN(C)CC(=O)c1ccc(NC(=O)C(F)(F)C(F)(F)C(F)(F)F)cc1. The fourth-order valence-electron chi connectivity index (χ4n) is 1.65. The van der Waals surface area contributed by atoms with E-state index >= 15 is 0 Å². The van der Waals surface area contributed by atoms with Gasteiger partial charge in [0, 0.05) is 11.3 Å². The number of ketones is 1. The van der Waals surface area contributed by atoms with Crippen LogP contribution in [0.25, 0.3) is 0 Å². The molecule has 0 bridgehead atoms. The standard InChI is InChI=1S/C14H13F7N2O2/c1-23(2)7-10(24)8-3-5-9(6-4-8)22-11(25)12(15,16)13(17,18)14(19,20)21/h3-6H,7H2,1-2H3,(H,22,25). The molecule has 0 spiro atoms. The van der Waals surface area contributed by atoms with Crippen LogP contribution in [0.5, 0.6) is 0 Å². The lowest BCUT2D eigenvalue weighted by atomic mass is 10.1. The summed E-state index contributed by atoms with van der Waals surface area (Å²) < 4.78 is 88.0. The van der Waals surface area contributed by atoms with Crippen LogP contribution in [0.2, 0.25) is 0 Å². The van der Waals surface area contributed by atoms with Crippen molar-refractivity contribution in [3.05, 3.63) is 29.8 Å². The smallest absolute Gasteiger partial charge is 0.321 e. The van der Waals surface area contributed by atoms with Crippen LogP contribution in [0.4, 0.5) is 36.4 Å². The van der Waals surface area contributed by atoms with E-state index in [2.05, 4.69) is 0 Å². The van der Waals surface area contributed by atoms with Crippen molar-refractivity contribution in [1.29, 1.82) is 0 Å². The van der Waals surface area contributed by atoms with Gasteiger partial charge in [-0.2, -0.15) is 30.7 Å². The first-order valence-corrected chi connectivity index (χ1v) is 6.62. The second-order valence-electron chi connectivity index (χ2n) is 5.34. The number of benzene rings is 1. The van der Waals surface area contributed by atoms with Crippen molar-refractivity contribution in [3.63, 3.8) is 0 Å². The van der Waals surface area contributed by atoms with Gasteiger partial charge in [-0.25, -0.2) is 0 Å². The maximum Gasteiger partial charge on any atom is 0.460 e. The molecule has 1 aromatic carbocycles. The Morgan fingerprint density at radius 2 is 1.44 bits per heavy atom. The molecule has 4 nitrogen and oxygen atoms in total. The Balaban J connectivity index is 2.92. The topological polar surface area (TPSA) is 49.4 Å². The zero-order valence-corrected chi connectivity index (χ0v) is 12.9. The maximum absolute atomic E-state index is 13.2. The number of nitrogens with one attached hydrogen (secondary N) is 1. The molecule has 0 aliphatic rings. The van der Waals surface area contributed by atoms with Crippen LogP contribution >= 0.6 is 0 Å². The lowest BCUT2D eigenvalue weighted by Crippen LogP contribution is -2.57. The summed E-state index contributed by atoms with van der Waals surface area (Å²) in [5.41, 5.74) is -0.330. The number of amides is 1. The van der Waals surface area contributed by atoms with E-state index < -0.39 is 29.6 Å². The first kappa shape index (κ1) is 20.9. The van der Waals surface area contributed by atoms with Gasteiger partial charge in [-0.05, 0) is 38.4 Å². The van der Waals surface area contributed by atoms with Gasteiger partial charge >= 0.3 is 23.9 Å². The molecular weight excluding hydrogens is 361 g/mol. The summed E-state index contributed by atoms with van der Waals surface area (Å²) >= 11 is 0. The third-order valence-corrected chi connectivity index (χ3v) is 2.96. The highest BCUT2D eigenvalue weighted by molar-refractivity contribution is 5.99. The largest absolute Gasteiger partial charge is 0.460 e. The van der Waals surface area contributed by atoms with Crippen LogP contribution in [0, 0.1) is 0 Å². The summed E-state index contributed by atoms with van der Waals surface area (Å²) in [5.74, 6) is -15.7. The van der Waals surface area contributed by atoms with Crippen molar-refractivity contribution < 1.29 is 40.3 Å². The van der Waals surface area contributed by atoms with E-state index in [9.17, 15) is 40.3 Å². The lowest BCUT2D eigenvalue weighted by molar-refractivity contribution is -0.343. The molecule has 1 rings (SSSR count). The van der Waals surface area contributed by atoms with Gasteiger partial charge in [0.15, 0.2) is 5.78 Å². The van der Waals surface area contributed by atoms with E-state index in [0.717, 1.165) is 24.3 Å². The van der Waals surface area contributed by atoms with Crippen LogP contribution in [-0.2, 0) is 4.79 Å². The first-order chi connectivity index (χ1) is 11.2. The minimum atomic E-state index is -6.60. The van der Waals surface area contributed by atoms with Gasteiger partial charge in [-0.1, -0.05) is 0 Å². The van der Waals surface area contributed by atoms with Crippen LogP contribution in [0.3, 0.4) is 0 Å². The summed E-state index contributed by atoms with van der Waals surface area (Å²) in [7, 11) is 3.24. The molecule has 1 amide bonds. The molecule has 0 unspecified atom stereocenters. The molecule has 140 valence electrons. The van der Waals surface area contributed by atoms with Crippen molar-refractivity contribution >= 4 is 17.4 Å². The minimum absolute atomic E-state index is 0.0293. The molecule has 0 fully saturated rings. The van der Waals surface area contributed by atoms with Crippen LogP contribution < -0.4 is 5.32 Å². The highest BCUT2D eigenvalue weighted by Gasteiger charge is 2.76. The zero-order chi connectivity index (χ0) is 19.6. The van der Waals surface area contributed by atoms with Crippen molar-refractivity contribution in [2.45, 2.75) is 18.0 Å². The third kappa shape index (κ3) is 4.47. The number of carbonyl (C=O) groups is 2. The van der Waals surface area contributed by atoms with E-state index in [1.54, 1.807) is 19.0 Å². The molecule has 11 heteroatoms. The van der Waals surface area contributed by atoms with Gasteiger partial charge in [-0.15, -0.1) is 0 Å². The molecule has 0 heterocycles. The van der Waals surface area contributed by atoms with E-state index in [1.165, 1.54) is 5.32 Å². The lowest BCUT2D eigenvalue weighted by Gasteiger charge is -2.27. The van der Waals surface area contributed by atoms with Crippen molar-refractivity contribution in [3.8, 4) is 0 Å². The van der Waals surface area contributed by atoms with Gasteiger partial charge in [0.1, 0.15) is 0 Å². The monoisotopic (exact) mass is 374 g/mol. The Morgan fingerprint density at radius 1 is 0.960 bits per heavy atom. The second kappa shape index (κ2) is 6.98. The molecule has 0 aliphatic heterocycles. The number of hydrogen-bond donors (Lipinski definition) is 1. The summed E-state index contributed by atoms with van der Waals surface area (Å²) in [6.07, 6.45) is -6.60. The quantitative estimate of drug-likeness (QED) is 0.615. The number of alkyl halides is 7. The highest BCUT2D eigenvalue weighted by atomic mass is 19.4. The Kier molecular flexibility index (Phi) is 5.83. The Labute approximate surface area is 137 Å². The number of likely N-dealkylation sites (N-methyl/N-ethyl adjacent to an activating group) is 1. The number of halogens is 7. The second-order valence-corrected chi connectivity index (χ2v) is 5.34. The normalized spacial score (nSPS) is 13.0. The number of hydrogen-bond acceptors (Lipinski definition) is 3. The molecule has 0 saturated carbocycles. The summed E-state index contributed by atoms with van der Waals surface area (Å²) in [6, 6.07) is 4.09. The van der Waals surface area contributed by atoms with Crippen LogP contribution in [0.1, 0.15) is 10.4 Å². The average molecular weight is 374 g/mol. The Morgan fingerprint density at radius 3 is 1.84 bits per heavy atom. The number of nitrogens with zero attached hydrogens (tertiary/aromatic N) is 1. The third-order valence-electron chi connectivity index (χ3n) is 2.96. The molecule has 0 aliphatic carbocycles. The summed E-state index contributed by atoms with van der Waals surface area (Å²) in [5, 5.41) is 1.28. The van der Waals surface area contributed by atoms with Gasteiger partial charge in [0.2, 0.25) is 0 Å². The summed E-state index contributed by atoms with van der Waals surface area (Å²) in [6.45, 7) is 0.0293. The highest BCUT2D eigenvalue weighted by Crippen LogP contribution is 2.46. The maximum atomic E-state index is 13.2. The van der Waals surface area contributed by atoms with Gasteiger partial charge < -0.3 is 10.2 Å². The minimum Gasteiger partial charge on any atom is -0.321 e. The predicted octanol–water partition coefficient (Wildman–Crippen LogP) is 3.20. The molecule has 1 N–H and O–H groups in total. The number of rotatable bonds is 6. The molecule has 0 radical (unpaired) electrons. The van der Waals surface area contributed by atoms with E-state index in [-0.39, 0.29) is 17.9 Å². The molecular formula is C14H13F7N2O2. The fraction of sp³-hybridized carbons (Fsp3) is 0.429. The predicted molar refractivity (Wildman–Crippen MR) is 73.9 cm³/mol. The van der Waals surface area contributed by atoms with Gasteiger partial charge in [0.05, 0.1) is 6.54 Å². The molecule has 25 heavy (non-hydrogen) atoms. The van der Waals surface area contributed by atoms with Crippen molar-refractivity contribution in [1.82, 2.24) is 4.90 Å². The van der Waals surface area contributed by atoms with E-state index in [1.807, 2.05) is 0 Å². The number of Topliss-reactive ketones (excluding diaryl/α,β-unsaturated/α-hetero) is 1. The zero-order valence-electron chi connectivity index (χ0n) is 12.9. The number of anilines is 1.